The van der Waals surface area contributed by atoms with E-state index >= 15 is 0 Å². The molecule has 58 valence electrons. The van der Waals surface area contributed by atoms with Crippen LogP contribution in [0, 0.1) is 11.3 Å². The van der Waals surface area contributed by atoms with Crippen LogP contribution in [0.3, 0.4) is 0 Å². The fourth-order valence-electron chi connectivity index (χ4n) is 1.29. The van der Waals surface area contributed by atoms with Crippen molar-refractivity contribution < 1.29 is 0 Å². The molecule has 0 aromatic carbocycles. The van der Waals surface area contributed by atoms with E-state index in [4.69, 9.17) is 0 Å². The van der Waals surface area contributed by atoms with E-state index in [1.165, 1.54) is 6.42 Å². The molecule has 0 radical (unpaired) electrons. The van der Waals surface area contributed by atoms with Crippen LogP contribution in [0.25, 0.3) is 0 Å². The predicted molar refractivity (Wildman–Crippen MR) is 49.4 cm³/mol. The summed E-state index contributed by atoms with van der Waals surface area (Å²) in [4.78, 5) is 0.580. The van der Waals surface area contributed by atoms with Gasteiger partial charge < -0.3 is 0 Å². The lowest BCUT2D eigenvalue weighted by atomic mass is 9.73. The van der Waals surface area contributed by atoms with E-state index in [1.807, 2.05) is 0 Å². The SMILES string of the molecule is CC1C(Br)C=CCC1(C)C. The van der Waals surface area contributed by atoms with E-state index in [9.17, 15) is 0 Å². The maximum absolute atomic E-state index is 3.64. The second-order valence-corrected chi connectivity index (χ2v) is 4.91. The minimum absolute atomic E-state index is 0.475. The second-order valence-electron chi connectivity index (χ2n) is 3.85. The van der Waals surface area contributed by atoms with Gasteiger partial charge in [-0.3, -0.25) is 0 Å². The Morgan fingerprint density at radius 2 is 2.10 bits per heavy atom. The highest BCUT2D eigenvalue weighted by molar-refractivity contribution is 9.09. The molecule has 0 spiro atoms. The highest BCUT2D eigenvalue weighted by Crippen LogP contribution is 2.39. The number of hydrogen-bond acceptors (Lipinski definition) is 0. The average Bonchev–Trinajstić information content (AvgIpc) is 1.83. The van der Waals surface area contributed by atoms with E-state index in [2.05, 4.69) is 48.9 Å². The number of allylic oxidation sites excluding steroid dienone is 2. The van der Waals surface area contributed by atoms with Gasteiger partial charge in [0, 0.05) is 4.83 Å². The zero-order chi connectivity index (χ0) is 7.78. The van der Waals surface area contributed by atoms with E-state index in [1.54, 1.807) is 0 Å². The topological polar surface area (TPSA) is 0 Å². The Bertz CT molecular complexity index is 147. The van der Waals surface area contributed by atoms with Crippen molar-refractivity contribution in [3.8, 4) is 0 Å². The van der Waals surface area contributed by atoms with Gasteiger partial charge in [0.15, 0.2) is 0 Å². The van der Waals surface area contributed by atoms with Crippen LogP contribution in [0.5, 0.6) is 0 Å². The summed E-state index contributed by atoms with van der Waals surface area (Å²) < 4.78 is 0. The molecular weight excluding hydrogens is 188 g/mol. The maximum atomic E-state index is 3.64. The van der Waals surface area contributed by atoms with Gasteiger partial charge in [0.2, 0.25) is 0 Å². The van der Waals surface area contributed by atoms with Crippen LogP contribution < -0.4 is 0 Å². The van der Waals surface area contributed by atoms with Crippen molar-refractivity contribution in [3.63, 3.8) is 0 Å². The van der Waals surface area contributed by atoms with Crippen LogP contribution in [0.1, 0.15) is 27.2 Å². The monoisotopic (exact) mass is 202 g/mol. The summed E-state index contributed by atoms with van der Waals surface area (Å²) in [7, 11) is 0. The third kappa shape index (κ3) is 1.45. The van der Waals surface area contributed by atoms with Gasteiger partial charge in [-0.1, -0.05) is 48.9 Å². The molecule has 0 amide bonds. The zero-order valence-electron chi connectivity index (χ0n) is 6.89. The Morgan fingerprint density at radius 3 is 2.50 bits per heavy atom. The predicted octanol–water partition coefficient (Wildman–Crippen LogP) is 3.37. The molecule has 0 saturated heterocycles. The molecule has 0 aromatic heterocycles. The third-order valence-corrected chi connectivity index (χ3v) is 3.77. The van der Waals surface area contributed by atoms with Crippen LogP contribution in [-0.2, 0) is 0 Å². The van der Waals surface area contributed by atoms with E-state index in [0.29, 0.717) is 10.2 Å². The first-order valence-electron chi connectivity index (χ1n) is 3.85. The second kappa shape index (κ2) is 2.69. The van der Waals surface area contributed by atoms with Crippen molar-refractivity contribution in [2.45, 2.75) is 32.0 Å². The quantitative estimate of drug-likeness (QED) is 0.418. The summed E-state index contributed by atoms with van der Waals surface area (Å²) in [6, 6.07) is 0. The lowest BCUT2D eigenvalue weighted by Gasteiger charge is -2.36. The Kier molecular flexibility index (Phi) is 2.24. The summed E-state index contributed by atoms with van der Waals surface area (Å²) >= 11 is 3.64. The van der Waals surface area contributed by atoms with E-state index in [-0.39, 0.29) is 0 Å². The number of alkyl halides is 1. The van der Waals surface area contributed by atoms with Crippen LogP contribution in [0.4, 0.5) is 0 Å². The molecule has 1 aliphatic carbocycles. The molecule has 0 saturated carbocycles. The molecule has 2 atom stereocenters. The van der Waals surface area contributed by atoms with Gasteiger partial charge in [-0.25, -0.2) is 0 Å². The molecule has 1 aliphatic rings. The molecule has 0 N–H and O–H groups in total. The van der Waals surface area contributed by atoms with Crippen LogP contribution in [0.15, 0.2) is 12.2 Å². The zero-order valence-corrected chi connectivity index (χ0v) is 8.48. The van der Waals surface area contributed by atoms with Gasteiger partial charge >= 0.3 is 0 Å². The Balaban J connectivity index is 2.75. The van der Waals surface area contributed by atoms with Crippen LogP contribution in [0.2, 0.25) is 0 Å². The molecule has 0 heterocycles. The van der Waals surface area contributed by atoms with Crippen molar-refractivity contribution >= 4 is 15.9 Å². The minimum atomic E-state index is 0.475. The summed E-state index contributed by atoms with van der Waals surface area (Å²) in [6.45, 7) is 6.97. The molecule has 0 bridgehead atoms. The molecule has 1 heteroatoms. The van der Waals surface area contributed by atoms with Gasteiger partial charge in [0.1, 0.15) is 0 Å². The van der Waals surface area contributed by atoms with Gasteiger partial charge in [-0.05, 0) is 17.8 Å². The first-order valence-corrected chi connectivity index (χ1v) is 4.76. The Hall–Kier alpha value is 0.220. The lowest BCUT2D eigenvalue weighted by Crippen LogP contribution is -2.30. The lowest BCUT2D eigenvalue weighted by molar-refractivity contribution is 0.232. The van der Waals surface area contributed by atoms with Crippen molar-refractivity contribution in [1.82, 2.24) is 0 Å². The van der Waals surface area contributed by atoms with Gasteiger partial charge in [0.05, 0.1) is 0 Å². The van der Waals surface area contributed by atoms with E-state index < -0.39 is 0 Å². The molecule has 0 nitrogen and oxygen atoms in total. The summed E-state index contributed by atoms with van der Waals surface area (Å²) in [5.74, 6) is 0.748. The Labute approximate surface area is 71.8 Å². The van der Waals surface area contributed by atoms with Crippen molar-refractivity contribution in [2.24, 2.45) is 11.3 Å². The highest BCUT2D eigenvalue weighted by Gasteiger charge is 2.31. The third-order valence-electron chi connectivity index (χ3n) is 2.67. The van der Waals surface area contributed by atoms with E-state index in [0.717, 1.165) is 5.92 Å². The fourth-order valence-corrected chi connectivity index (χ4v) is 2.22. The summed E-state index contributed by atoms with van der Waals surface area (Å²) in [6.07, 6.45) is 5.76. The molecular formula is C9H15Br. The van der Waals surface area contributed by atoms with Crippen molar-refractivity contribution in [2.75, 3.05) is 0 Å². The number of hydrogen-bond donors (Lipinski definition) is 0. The fraction of sp³-hybridized carbons (Fsp3) is 0.778. The smallest absolute Gasteiger partial charge is 0.0356 e. The molecule has 0 fully saturated rings. The normalized spacial score (nSPS) is 38.0. The highest BCUT2D eigenvalue weighted by atomic mass is 79.9. The number of rotatable bonds is 0. The molecule has 1 rings (SSSR count). The van der Waals surface area contributed by atoms with Crippen molar-refractivity contribution in [3.05, 3.63) is 12.2 Å². The van der Waals surface area contributed by atoms with Crippen LogP contribution >= 0.6 is 15.9 Å². The summed E-state index contributed by atoms with van der Waals surface area (Å²) in [5, 5.41) is 0. The maximum Gasteiger partial charge on any atom is 0.0356 e. The summed E-state index contributed by atoms with van der Waals surface area (Å²) in [5.41, 5.74) is 0.475. The van der Waals surface area contributed by atoms with Crippen molar-refractivity contribution in [1.29, 1.82) is 0 Å². The standard InChI is InChI=1S/C9H15Br/c1-7-8(10)5-4-6-9(7,2)3/h4-5,7-8H,6H2,1-3H3. The van der Waals surface area contributed by atoms with Gasteiger partial charge in [-0.15, -0.1) is 0 Å². The average molecular weight is 203 g/mol. The minimum Gasteiger partial charge on any atom is -0.0869 e. The molecule has 0 aliphatic heterocycles. The Morgan fingerprint density at radius 1 is 1.50 bits per heavy atom. The van der Waals surface area contributed by atoms with Gasteiger partial charge in [0.25, 0.3) is 0 Å². The molecule has 2 unspecified atom stereocenters. The molecule has 0 aromatic rings. The molecule has 10 heavy (non-hydrogen) atoms. The first-order chi connectivity index (χ1) is 4.54. The largest absolute Gasteiger partial charge is 0.0869 e. The number of halogens is 1. The van der Waals surface area contributed by atoms with Gasteiger partial charge in [-0.2, -0.15) is 0 Å². The van der Waals surface area contributed by atoms with Crippen LogP contribution in [-0.4, -0.2) is 4.83 Å². The first kappa shape index (κ1) is 8.32.